The van der Waals surface area contributed by atoms with Gasteiger partial charge in [-0.1, -0.05) is 24.3 Å². The average Bonchev–Trinajstić information content (AvgIpc) is 3.19. The van der Waals surface area contributed by atoms with Gasteiger partial charge >= 0.3 is 0 Å². The molecule has 2 fully saturated rings. The molecule has 1 atom stereocenters. The van der Waals surface area contributed by atoms with Crippen molar-refractivity contribution >= 4 is 0 Å². The Balaban J connectivity index is 1.73. The number of hydrogen-bond donors (Lipinski definition) is 0. The maximum atomic E-state index is 6.61. The largest absolute Gasteiger partial charge is 0.362 e. The summed E-state index contributed by atoms with van der Waals surface area (Å²) in [6, 6.07) is 8.96. The van der Waals surface area contributed by atoms with Gasteiger partial charge in [0.2, 0.25) is 0 Å². The van der Waals surface area contributed by atoms with Crippen molar-refractivity contribution in [2.45, 2.75) is 37.4 Å². The molecule has 1 unspecified atom stereocenters. The van der Waals surface area contributed by atoms with Crippen LogP contribution in [0.4, 0.5) is 0 Å². The third-order valence-corrected chi connectivity index (χ3v) is 4.96. The summed E-state index contributed by atoms with van der Waals surface area (Å²) >= 11 is 0. The fourth-order valence-electron chi connectivity index (χ4n) is 3.65. The smallest absolute Gasteiger partial charge is 0.0967 e. The van der Waals surface area contributed by atoms with Gasteiger partial charge in [0, 0.05) is 13.1 Å². The van der Waals surface area contributed by atoms with E-state index in [1.165, 1.54) is 24.0 Å². The van der Waals surface area contributed by atoms with Gasteiger partial charge in [-0.05, 0) is 49.8 Å². The number of ether oxygens (including phenoxy) is 1. The van der Waals surface area contributed by atoms with Gasteiger partial charge < -0.3 is 9.64 Å². The molecule has 2 aliphatic heterocycles. The highest BCUT2D eigenvalue weighted by molar-refractivity contribution is 5.39. The normalized spacial score (nSPS) is 30.6. The van der Waals surface area contributed by atoms with Crippen LogP contribution in [0.25, 0.3) is 0 Å². The van der Waals surface area contributed by atoms with Crippen molar-refractivity contribution in [1.29, 1.82) is 0 Å². The van der Waals surface area contributed by atoms with Crippen LogP contribution in [0, 0.1) is 5.92 Å². The zero-order valence-electron chi connectivity index (χ0n) is 11.1. The van der Waals surface area contributed by atoms with Crippen molar-refractivity contribution in [1.82, 2.24) is 4.90 Å². The van der Waals surface area contributed by atoms with E-state index in [1.807, 2.05) is 0 Å². The lowest BCUT2D eigenvalue weighted by Crippen LogP contribution is -2.40. The summed E-state index contributed by atoms with van der Waals surface area (Å²) < 4.78 is 6.61. The number of likely N-dealkylation sites (tertiary alicyclic amines) is 1. The van der Waals surface area contributed by atoms with Gasteiger partial charge in [0.1, 0.15) is 0 Å². The van der Waals surface area contributed by atoms with Gasteiger partial charge in [-0.25, -0.2) is 0 Å². The predicted octanol–water partition coefficient (Wildman–Crippen LogP) is 3.09. The van der Waals surface area contributed by atoms with E-state index in [0.29, 0.717) is 6.10 Å². The minimum Gasteiger partial charge on any atom is -0.362 e. The van der Waals surface area contributed by atoms with E-state index < -0.39 is 0 Å². The topological polar surface area (TPSA) is 12.5 Å². The van der Waals surface area contributed by atoms with Crippen LogP contribution < -0.4 is 0 Å². The molecule has 0 radical (unpaired) electrons. The summed E-state index contributed by atoms with van der Waals surface area (Å²) in [5.41, 5.74) is 3.02. The minimum atomic E-state index is 0.0381. The number of rotatable bonds is 1. The molecule has 0 amide bonds. The van der Waals surface area contributed by atoms with E-state index in [4.69, 9.17) is 4.74 Å². The third kappa shape index (κ3) is 1.55. The summed E-state index contributed by atoms with van der Waals surface area (Å²) in [4.78, 5) is 2.42. The van der Waals surface area contributed by atoms with E-state index in [2.05, 4.69) is 36.2 Å². The molecule has 0 N–H and O–H groups in total. The van der Waals surface area contributed by atoms with Crippen LogP contribution in [0.3, 0.4) is 0 Å². The number of nitrogens with zero attached hydrogens (tertiary/aromatic N) is 1. The molecule has 0 bridgehead atoms. The Morgan fingerprint density at radius 1 is 1.17 bits per heavy atom. The van der Waals surface area contributed by atoms with Gasteiger partial charge in [0.05, 0.1) is 11.7 Å². The van der Waals surface area contributed by atoms with Crippen LogP contribution in [-0.4, -0.2) is 25.0 Å². The highest BCUT2D eigenvalue weighted by Crippen LogP contribution is 2.56. The quantitative estimate of drug-likeness (QED) is 0.751. The molecule has 4 rings (SSSR count). The van der Waals surface area contributed by atoms with Gasteiger partial charge in [0.15, 0.2) is 0 Å². The second kappa shape index (κ2) is 3.82. The first-order chi connectivity index (χ1) is 8.78. The summed E-state index contributed by atoms with van der Waals surface area (Å²) in [7, 11) is 2.21. The number of benzene rings is 1. The van der Waals surface area contributed by atoms with E-state index >= 15 is 0 Å². The first kappa shape index (κ1) is 11.0. The average molecular weight is 243 g/mol. The van der Waals surface area contributed by atoms with Crippen LogP contribution in [-0.2, 0) is 10.3 Å². The zero-order valence-corrected chi connectivity index (χ0v) is 11.1. The number of fused-ring (bicyclic) bond motifs is 2. The monoisotopic (exact) mass is 243 g/mol. The second-order valence-corrected chi connectivity index (χ2v) is 6.26. The molecular formula is C16H21NO. The summed E-state index contributed by atoms with van der Waals surface area (Å²) in [6.45, 7) is 2.32. The molecule has 2 heterocycles. The Kier molecular flexibility index (Phi) is 2.33. The van der Waals surface area contributed by atoms with Crippen molar-refractivity contribution < 1.29 is 4.74 Å². The lowest BCUT2D eigenvalue weighted by atomic mass is 9.83. The van der Waals surface area contributed by atoms with Crippen LogP contribution in [0.1, 0.15) is 42.9 Å². The van der Waals surface area contributed by atoms with Crippen LogP contribution in [0.15, 0.2) is 24.3 Å². The van der Waals surface area contributed by atoms with Crippen LogP contribution in [0.2, 0.25) is 0 Å². The maximum absolute atomic E-state index is 6.61. The molecule has 1 spiro atoms. The standard InChI is InChI=1S/C16H21NO/c1-17-10-8-16(9-11-17)14-5-3-2-4-13(14)15(18-16)12-6-7-12/h2-5,12,15H,6-11H2,1H3. The fourth-order valence-corrected chi connectivity index (χ4v) is 3.65. The SMILES string of the molecule is CN1CCC2(CC1)OC(C1CC1)c1ccccc12. The lowest BCUT2D eigenvalue weighted by molar-refractivity contribution is -0.114. The first-order valence-corrected chi connectivity index (χ1v) is 7.24. The molecule has 1 saturated heterocycles. The molecule has 3 aliphatic rings. The molecule has 18 heavy (non-hydrogen) atoms. The molecule has 2 heteroatoms. The van der Waals surface area contributed by atoms with Crippen molar-refractivity contribution in [2.75, 3.05) is 20.1 Å². The summed E-state index contributed by atoms with van der Waals surface area (Å²) in [6.07, 6.45) is 5.42. The molecule has 0 aromatic heterocycles. The van der Waals surface area contributed by atoms with Crippen LogP contribution >= 0.6 is 0 Å². The van der Waals surface area contributed by atoms with Gasteiger partial charge in [-0.15, -0.1) is 0 Å². The van der Waals surface area contributed by atoms with Crippen molar-refractivity contribution in [3.05, 3.63) is 35.4 Å². The molecule has 1 aromatic rings. The van der Waals surface area contributed by atoms with Crippen molar-refractivity contribution in [3.8, 4) is 0 Å². The van der Waals surface area contributed by atoms with E-state index in [1.54, 1.807) is 0 Å². The molecule has 96 valence electrons. The highest BCUT2D eigenvalue weighted by atomic mass is 16.5. The summed E-state index contributed by atoms with van der Waals surface area (Å²) in [5, 5.41) is 0. The Morgan fingerprint density at radius 2 is 1.89 bits per heavy atom. The van der Waals surface area contributed by atoms with Crippen molar-refractivity contribution in [3.63, 3.8) is 0 Å². The minimum absolute atomic E-state index is 0.0381. The molecular weight excluding hydrogens is 222 g/mol. The predicted molar refractivity (Wildman–Crippen MR) is 71.4 cm³/mol. The van der Waals surface area contributed by atoms with E-state index in [-0.39, 0.29) is 5.60 Å². The van der Waals surface area contributed by atoms with Gasteiger partial charge in [0.25, 0.3) is 0 Å². The van der Waals surface area contributed by atoms with E-state index in [9.17, 15) is 0 Å². The Morgan fingerprint density at radius 3 is 2.61 bits per heavy atom. The molecule has 1 aliphatic carbocycles. The Hall–Kier alpha value is -0.860. The lowest BCUT2D eigenvalue weighted by Gasteiger charge is -2.38. The molecule has 1 aromatic carbocycles. The second-order valence-electron chi connectivity index (χ2n) is 6.26. The fraction of sp³-hybridized carbons (Fsp3) is 0.625. The third-order valence-electron chi connectivity index (χ3n) is 4.96. The Bertz CT molecular complexity index is 458. The number of piperidine rings is 1. The van der Waals surface area contributed by atoms with Gasteiger partial charge in [-0.3, -0.25) is 0 Å². The highest BCUT2D eigenvalue weighted by Gasteiger charge is 2.50. The van der Waals surface area contributed by atoms with Crippen molar-refractivity contribution in [2.24, 2.45) is 5.92 Å². The number of hydrogen-bond acceptors (Lipinski definition) is 2. The maximum Gasteiger partial charge on any atom is 0.0967 e. The van der Waals surface area contributed by atoms with Gasteiger partial charge in [-0.2, -0.15) is 0 Å². The Labute approximate surface area is 109 Å². The van der Waals surface area contributed by atoms with Crippen LogP contribution in [0.5, 0.6) is 0 Å². The van der Waals surface area contributed by atoms with E-state index in [0.717, 1.165) is 31.8 Å². The molecule has 2 nitrogen and oxygen atoms in total. The first-order valence-electron chi connectivity index (χ1n) is 7.24. The zero-order chi connectivity index (χ0) is 12.2. The molecule has 1 saturated carbocycles. The summed E-state index contributed by atoms with van der Waals surface area (Å²) in [5.74, 6) is 0.796.